The second-order valence-electron chi connectivity index (χ2n) is 4.70. The van der Waals surface area contributed by atoms with Crippen molar-refractivity contribution < 1.29 is 4.92 Å². The highest BCUT2D eigenvalue weighted by molar-refractivity contribution is 5.46. The quantitative estimate of drug-likeness (QED) is 0.543. The number of nitrogens with one attached hydrogen (secondary N) is 1. The number of anilines is 2. The van der Waals surface area contributed by atoms with Crippen LogP contribution in [0.2, 0.25) is 0 Å². The molecule has 23 heavy (non-hydrogen) atoms. The Morgan fingerprint density at radius 1 is 1.26 bits per heavy atom. The first-order chi connectivity index (χ1) is 11.1. The molecule has 0 aliphatic carbocycles. The van der Waals surface area contributed by atoms with Crippen molar-refractivity contribution in [3.05, 3.63) is 64.5 Å². The molecule has 0 aliphatic rings. The molecular formula is C14H13N7O2. The Kier molecular flexibility index (Phi) is 3.83. The minimum Gasteiger partial charge on any atom is -0.368 e. The highest BCUT2D eigenvalue weighted by Gasteiger charge is 2.07. The minimum absolute atomic E-state index is 0.0451. The molecule has 0 amide bonds. The number of hydrogen-bond donors (Lipinski definition) is 2. The minimum atomic E-state index is -0.429. The Balaban J connectivity index is 1.78. The smallest absolute Gasteiger partial charge is 0.269 e. The maximum absolute atomic E-state index is 10.8. The summed E-state index contributed by atoms with van der Waals surface area (Å²) >= 11 is 0. The first-order valence-electron chi connectivity index (χ1n) is 6.73. The van der Waals surface area contributed by atoms with Gasteiger partial charge in [-0.3, -0.25) is 10.1 Å². The normalized spacial score (nSPS) is 10.4. The van der Waals surface area contributed by atoms with Crippen LogP contribution in [0.15, 0.2) is 48.8 Å². The van der Waals surface area contributed by atoms with E-state index in [4.69, 9.17) is 5.73 Å². The Labute approximate surface area is 130 Å². The van der Waals surface area contributed by atoms with Gasteiger partial charge in [0.15, 0.2) is 5.82 Å². The van der Waals surface area contributed by atoms with Crippen LogP contribution in [-0.2, 0) is 6.54 Å². The number of hydrogen-bond acceptors (Lipinski definition) is 7. The topological polar surface area (TPSA) is 125 Å². The van der Waals surface area contributed by atoms with Crippen LogP contribution in [0.1, 0.15) is 5.56 Å². The van der Waals surface area contributed by atoms with Gasteiger partial charge in [-0.05, 0) is 11.6 Å². The standard InChI is InChI=1S/C14H13N7O2/c15-14-18-12(8-13(19-14)20-6-2-5-17-20)16-9-10-3-1-4-11(7-10)21(22)23/h1-8H,9H2,(H3,15,16,18,19). The molecule has 1 aromatic carbocycles. The zero-order valence-electron chi connectivity index (χ0n) is 12.0. The average molecular weight is 311 g/mol. The lowest BCUT2D eigenvalue weighted by Crippen LogP contribution is -2.08. The van der Waals surface area contributed by atoms with Crippen molar-refractivity contribution in [2.75, 3.05) is 11.1 Å². The third-order valence-electron chi connectivity index (χ3n) is 3.06. The van der Waals surface area contributed by atoms with Crippen LogP contribution >= 0.6 is 0 Å². The number of aromatic nitrogens is 4. The van der Waals surface area contributed by atoms with Crippen LogP contribution in [0.25, 0.3) is 5.82 Å². The summed E-state index contributed by atoms with van der Waals surface area (Å²) in [6, 6.07) is 9.85. The number of rotatable bonds is 5. The molecular weight excluding hydrogens is 298 g/mol. The molecule has 2 aromatic heterocycles. The third-order valence-corrected chi connectivity index (χ3v) is 3.06. The van der Waals surface area contributed by atoms with E-state index in [9.17, 15) is 10.1 Å². The van der Waals surface area contributed by atoms with E-state index in [1.54, 1.807) is 41.3 Å². The number of nitrogens with zero attached hydrogens (tertiary/aromatic N) is 5. The van der Waals surface area contributed by atoms with E-state index < -0.39 is 4.92 Å². The molecule has 2 heterocycles. The molecule has 0 atom stereocenters. The number of nitro benzene ring substituents is 1. The summed E-state index contributed by atoms with van der Waals surface area (Å²) in [6.45, 7) is 0.372. The van der Waals surface area contributed by atoms with Gasteiger partial charge in [-0.25, -0.2) is 4.68 Å². The summed E-state index contributed by atoms with van der Waals surface area (Å²) < 4.78 is 1.57. The molecule has 3 N–H and O–H groups in total. The van der Waals surface area contributed by atoms with Gasteiger partial charge in [0.1, 0.15) is 5.82 Å². The van der Waals surface area contributed by atoms with E-state index in [0.717, 1.165) is 5.56 Å². The Morgan fingerprint density at radius 2 is 2.13 bits per heavy atom. The fourth-order valence-corrected chi connectivity index (χ4v) is 2.04. The summed E-state index contributed by atoms with van der Waals surface area (Å²) in [5.41, 5.74) is 6.51. The second kappa shape index (κ2) is 6.10. The fraction of sp³-hybridized carbons (Fsp3) is 0.0714. The SMILES string of the molecule is Nc1nc(NCc2cccc([N+](=O)[O-])c2)cc(-n2cccn2)n1. The van der Waals surface area contributed by atoms with Crippen molar-refractivity contribution >= 4 is 17.5 Å². The van der Waals surface area contributed by atoms with E-state index >= 15 is 0 Å². The largest absolute Gasteiger partial charge is 0.368 e. The van der Waals surface area contributed by atoms with Gasteiger partial charge >= 0.3 is 0 Å². The first-order valence-corrected chi connectivity index (χ1v) is 6.73. The molecule has 0 bridgehead atoms. The molecule has 3 aromatic rings. The molecule has 0 fully saturated rings. The van der Waals surface area contributed by atoms with Crippen LogP contribution in [0.3, 0.4) is 0 Å². The Hall–Kier alpha value is -3.49. The van der Waals surface area contributed by atoms with Crippen molar-refractivity contribution in [1.29, 1.82) is 0 Å². The van der Waals surface area contributed by atoms with Gasteiger partial charge in [0.05, 0.1) is 4.92 Å². The first kappa shape index (κ1) is 14.4. The number of benzene rings is 1. The van der Waals surface area contributed by atoms with Crippen LogP contribution in [0, 0.1) is 10.1 Å². The molecule has 9 heteroatoms. The molecule has 0 saturated heterocycles. The second-order valence-corrected chi connectivity index (χ2v) is 4.70. The highest BCUT2D eigenvalue weighted by Crippen LogP contribution is 2.16. The van der Waals surface area contributed by atoms with Gasteiger partial charge in [-0.15, -0.1) is 0 Å². The molecule has 3 rings (SSSR count). The zero-order chi connectivity index (χ0) is 16.2. The van der Waals surface area contributed by atoms with E-state index in [1.165, 1.54) is 12.1 Å². The van der Waals surface area contributed by atoms with Gasteiger partial charge in [-0.1, -0.05) is 12.1 Å². The number of nitrogens with two attached hydrogens (primary N) is 1. The fourth-order valence-electron chi connectivity index (χ4n) is 2.04. The van der Waals surface area contributed by atoms with Gasteiger partial charge < -0.3 is 11.1 Å². The highest BCUT2D eigenvalue weighted by atomic mass is 16.6. The van der Waals surface area contributed by atoms with E-state index in [-0.39, 0.29) is 11.6 Å². The lowest BCUT2D eigenvalue weighted by Gasteiger charge is -2.08. The van der Waals surface area contributed by atoms with Crippen molar-refractivity contribution in [3.63, 3.8) is 0 Å². The zero-order valence-corrected chi connectivity index (χ0v) is 12.0. The number of nitro groups is 1. The Bertz CT molecular complexity index is 833. The summed E-state index contributed by atoms with van der Waals surface area (Å²) in [4.78, 5) is 18.6. The van der Waals surface area contributed by atoms with E-state index in [0.29, 0.717) is 18.2 Å². The monoisotopic (exact) mass is 311 g/mol. The summed E-state index contributed by atoms with van der Waals surface area (Å²) in [7, 11) is 0. The van der Waals surface area contributed by atoms with Gasteiger partial charge in [0.25, 0.3) is 5.69 Å². The molecule has 0 spiro atoms. The van der Waals surface area contributed by atoms with Crippen LogP contribution in [0.5, 0.6) is 0 Å². The van der Waals surface area contributed by atoms with E-state index in [2.05, 4.69) is 20.4 Å². The molecule has 0 aliphatic heterocycles. The summed E-state index contributed by atoms with van der Waals surface area (Å²) in [6.07, 6.45) is 3.38. The summed E-state index contributed by atoms with van der Waals surface area (Å²) in [5, 5.41) is 17.9. The van der Waals surface area contributed by atoms with Crippen LogP contribution in [-0.4, -0.2) is 24.7 Å². The van der Waals surface area contributed by atoms with Crippen molar-refractivity contribution in [3.8, 4) is 5.82 Å². The van der Waals surface area contributed by atoms with Crippen LogP contribution in [0.4, 0.5) is 17.5 Å². The van der Waals surface area contributed by atoms with Crippen molar-refractivity contribution in [2.45, 2.75) is 6.54 Å². The maximum Gasteiger partial charge on any atom is 0.269 e. The van der Waals surface area contributed by atoms with Crippen LogP contribution < -0.4 is 11.1 Å². The predicted molar refractivity (Wildman–Crippen MR) is 84.0 cm³/mol. The van der Waals surface area contributed by atoms with Crippen molar-refractivity contribution in [1.82, 2.24) is 19.7 Å². The predicted octanol–water partition coefficient (Wildman–Crippen LogP) is 1.76. The van der Waals surface area contributed by atoms with Gasteiger partial charge in [0.2, 0.25) is 5.95 Å². The molecule has 0 saturated carbocycles. The lowest BCUT2D eigenvalue weighted by atomic mass is 10.2. The molecule has 0 radical (unpaired) electrons. The van der Waals surface area contributed by atoms with Gasteiger partial charge in [0, 0.05) is 37.1 Å². The summed E-state index contributed by atoms with van der Waals surface area (Å²) in [5.74, 6) is 1.15. The average Bonchev–Trinajstić information content (AvgIpc) is 3.07. The maximum atomic E-state index is 10.8. The molecule has 0 unspecified atom stereocenters. The number of non-ortho nitro benzene ring substituents is 1. The van der Waals surface area contributed by atoms with Crippen molar-refractivity contribution in [2.24, 2.45) is 0 Å². The molecule has 116 valence electrons. The Morgan fingerprint density at radius 3 is 2.87 bits per heavy atom. The lowest BCUT2D eigenvalue weighted by molar-refractivity contribution is -0.384. The molecule has 9 nitrogen and oxygen atoms in total. The number of nitrogen functional groups attached to an aromatic ring is 1. The third kappa shape index (κ3) is 3.40. The van der Waals surface area contributed by atoms with E-state index in [1.807, 2.05) is 0 Å². The van der Waals surface area contributed by atoms with Gasteiger partial charge in [-0.2, -0.15) is 15.1 Å².